The Kier molecular flexibility index (Phi) is 4.68. The van der Waals surface area contributed by atoms with Gasteiger partial charge in [0.2, 0.25) is 5.89 Å². The number of oxazole rings is 1. The van der Waals surface area contributed by atoms with Crippen molar-refractivity contribution in [1.29, 1.82) is 0 Å². The van der Waals surface area contributed by atoms with Crippen molar-refractivity contribution in [3.63, 3.8) is 0 Å². The molecule has 0 aliphatic heterocycles. The van der Waals surface area contributed by atoms with Gasteiger partial charge >= 0.3 is 6.03 Å². The van der Waals surface area contributed by atoms with Crippen LogP contribution < -0.4 is 10.6 Å². The van der Waals surface area contributed by atoms with Crippen molar-refractivity contribution in [2.75, 3.05) is 10.6 Å². The zero-order valence-corrected chi connectivity index (χ0v) is 15.5. The minimum Gasteiger partial charge on any atom is -0.461 e. The maximum atomic E-state index is 12.4. The molecule has 2 aromatic heterocycles. The SMILES string of the molecule is Cc1ccc(-c2ccc(C)c(NC(=O)Nc3ccc(-c4ncco4)cc3)c2)o1. The molecule has 4 aromatic rings. The topological polar surface area (TPSA) is 80.3 Å². The number of benzene rings is 2. The lowest BCUT2D eigenvalue weighted by Gasteiger charge is -2.11. The molecule has 2 heterocycles. The van der Waals surface area contributed by atoms with Crippen LogP contribution in [0, 0.1) is 13.8 Å². The number of anilines is 2. The number of amides is 2. The number of aromatic nitrogens is 1. The van der Waals surface area contributed by atoms with Gasteiger partial charge in [-0.15, -0.1) is 0 Å². The van der Waals surface area contributed by atoms with E-state index in [4.69, 9.17) is 8.83 Å². The molecule has 28 heavy (non-hydrogen) atoms. The van der Waals surface area contributed by atoms with Crippen LogP contribution in [-0.4, -0.2) is 11.0 Å². The van der Waals surface area contributed by atoms with Crippen LogP contribution in [0.4, 0.5) is 16.2 Å². The summed E-state index contributed by atoms with van der Waals surface area (Å²) in [6.45, 7) is 3.84. The molecule has 2 aromatic carbocycles. The molecule has 0 bridgehead atoms. The molecule has 0 saturated heterocycles. The van der Waals surface area contributed by atoms with Crippen LogP contribution in [0.3, 0.4) is 0 Å². The van der Waals surface area contributed by atoms with Gasteiger partial charge in [0.25, 0.3) is 0 Å². The number of aryl methyl sites for hydroxylation is 2. The molecule has 6 nitrogen and oxygen atoms in total. The number of furan rings is 1. The lowest BCUT2D eigenvalue weighted by atomic mass is 10.1. The second kappa shape index (κ2) is 7.44. The van der Waals surface area contributed by atoms with E-state index in [0.717, 1.165) is 33.9 Å². The third kappa shape index (κ3) is 3.81. The Morgan fingerprint density at radius 3 is 2.39 bits per heavy atom. The summed E-state index contributed by atoms with van der Waals surface area (Å²) in [7, 11) is 0. The second-order valence-corrected chi connectivity index (χ2v) is 6.43. The van der Waals surface area contributed by atoms with Crippen LogP contribution in [0.1, 0.15) is 11.3 Å². The summed E-state index contributed by atoms with van der Waals surface area (Å²) < 4.78 is 10.9. The third-order valence-electron chi connectivity index (χ3n) is 4.33. The average molecular weight is 373 g/mol. The molecule has 0 atom stereocenters. The number of nitrogens with one attached hydrogen (secondary N) is 2. The minimum atomic E-state index is -0.320. The van der Waals surface area contributed by atoms with Crippen molar-refractivity contribution in [1.82, 2.24) is 4.98 Å². The van der Waals surface area contributed by atoms with E-state index in [1.54, 1.807) is 18.3 Å². The van der Waals surface area contributed by atoms with Crippen molar-refractivity contribution >= 4 is 17.4 Å². The molecule has 2 N–H and O–H groups in total. The Labute approximate surface area is 162 Å². The van der Waals surface area contributed by atoms with Crippen LogP contribution >= 0.6 is 0 Å². The maximum absolute atomic E-state index is 12.4. The highest BCUT2D eigenvalue weighted by Crippen LogP contribution is 2.27. The molecule has 0 fully saturated rings. The Balaban J connectivity index is 1.46. The van der Waals surface area contributed by atoms with Crippen molar-refractivity contribution in [2.24, 2.45) is 0 Å². The quantitative estimate of drug-likeness (QED) is 0.469. The van der Waals surface area contributed by atoms with Crippen LogP contribution in [0.25, 0.3) is 22.8 Å². The van der Waals surface area contributed by atoms with Gasteiger partial charge in [-0.3, -0.25) is 0 Å². The molecule has 6 heteroatoms. The first-order chi connectivity index (χ1) is 13.6. The second-order valence-electron chi connectivity index (χ2n) is 6.43. The molecular weight excluding hydrogens is 354 g/mol. The normalized spacial score (nSPS) is 10.6. The first kappa shape index (κ1) is 17.6. The summed E-state index contributed by atoms with van der Waals surface area (Å²) >= 11 is 0. The molecule has 140 valence electrons. The summed E-state index contributed by atoms with van der Waals surface area (Å²) in [6, 6.07) is 16.6. The van der Waals surface area contributed by atoms with Gasteiger partial charge in [-0.1, -0.05) is 12.1 Å². The van der Waals surface area contributed by atoms with Gasteiger partial charge in [0.05, 0.1) is 6.20 Å². The van der Waals surface area contributed by atoms with Gasteiger partial charge in [0, 0.05) is 22.5 Å². The Bertz CT molecular complexity index is 1100. The van der Waals surface area contributed by atoms with E-state index in [2.05, 4.69) is 15.6 Å². The van der Waals surface area contributed by atoms with Gasteiger partial charge in [0.15, 0.2) is 0 Å². The molecular formula is C22H19N3O3. The fraction of sp³-hybridized carbons (Fsp3) is 0.0909. The van der Waals surface area contributed by atoms with Gasteiger partial charge in [-0.25, -0.2) is 9.78 Å². The van der Waals surface area contributed by atoms with E-state index in [1.807, 2.05) is 56.3 Å². The highest BCUT2D eigenvalue weighted by molar-refractivity contribution is 6.00. The summed E-state index contributed by atoms with van der Waals surface area (Å²) in [5.41, 5.74) is 4.10. The summed E-state index contributed by atoms with van der Waals surface area (Å²) in [6.07, 6.45) is 3.12. The number of nitrogens with zero attached hydrogens (tertiary/aromatic N) is 1. The summed E-state index contributed by atoms with van der Waals surface area (Å²) in [4.78, 5) is 16.5. The summed E-state index contributed by atoms with van der Waals surface area (Å²) in [5, 5.41) is 5.72. The number of carbonyl (C=O) groups excluding carboxylic acids is 1. The van der Waals surface area contributed by atoms with Gasteiger partial charge < -0.3 is 19.5 Å². The fourth-order valence-corrected chi connectivity index (χ4v) is 2.85. The molecule has 0 saturated carbocycles. The van der Waals surface area contributed by atoms with E-state index in [-0.39, 0.29) is 6.03 Å². The van der Waals surface area contributed by atoms with Crippen LogP contribution in [0.5, 0.6) is 0 Å². The highest BCUT2D eigenvalue weighted by atomic mass is 16.3. The van der Waals surface area contributed by atoms with Gasteiger partial charge in [-0.2, -0.15) is 0 Å². The predicted molar refractivity (Wildman–Crippen MR) is 108 cm³/mol. The molecule has 0 unspecified atom stereocenters. The van der Waals surface area contributed by atoms with E-state index in [0.29, 0.717) is 11.6 Å². The first-order valence-electron chi connectivity index (χ1n) is 8.84. The number of hydrogen-bond donors (Lipinski definition) is 2. The number of rotatable bonds is 4. The van der Waals surface area contributed by atoms with Crippen LogP contribution in [-0.2, 0) is 0 Å². The van der Waals surface area contributed by atoms with E-state index >= 15 is 0 Å². The third-order valence-corrected chi connectivity index (χ3v) is 4.33. The smallest absolute Gasteiger partial charge is 0.323 e. The number of hydrogen-bond acceptors (Lipinski definition) is 4. The zero-order chi connectivity index (χ0) is 19.5. The Hall–Kier alpha value is -3.80. The van der Waals surface area contributed by atoms with E-state index in [1.165, 1.54) is 6.26 Å². The van der Waals surface area contributed by atoms with Crippen LogP contribution in [0.15, 0.2) is 75.9 Å². The highest BCUT2D eigenvalue weighted by Gasteiger charge is 2.10. The molecule has 0 aliphatic rings. The average Bonchev–Trinajstić information content (AvgIpc) is 3.36. The van der Waals surface area contributed by atoms with Gasteiger partial charge in [0.1, 0.15) is 17.8 Å². The zero-order valence-electron chi connectivity index (χ0n) is 15.5. The lowest BCUT2D eigenvalue weighted by Crippen LogP contribution is -2.19. The molecule has 0 spiro atoms. The van der Waals surface area contributed by atoms with Crippen molar-refractivity contribution in [3.8, 4) is 22.8 Å². The number of carbonyl (C=O) groups is 1. The molecule has 0 radical (unpaired) electrons. The largest absolute Gasteiger partial charge is 0.461 e. The van der Waals surface area contributed by atoms with Crippen molar-refractivity contribution in [3.05, 3.63) is 78.4 Å². The minimum absolute atomic E-state index is 0.320. The summed E-state index contributed by atoms with van der Waals surface area (Å²) in [5.74, 6) is 2.15. The predicted octanol–water partition coefficient (Wildman–Crippen LogP) is 5.86. The van der Waals surface area contributed by atoms with Crippen molar-refractivity contribution in [2.45, 2.75) is 13.8 Å². The van der Waals surface area contributed by atoms with Crippen LogP contribution in [0.2, 0.25) is 0 Å². The Morgan fingerprint density at radius 2 is 1.71 bits per heavy atom. The van der Waals surface area contributed by atoms with E-state index < -0.39 is 0 Å². The fourth-order valence-electron chi connectivity index (χ4n) is 2.85. The monoisotopic (exact) mass is 373 g/mol. The Morgan fingerprint density at radius 1 is 0.929 bits per heavy atom. The van der Waals surface area contributed by atoms with Crippen molar-refractivity contribution < 1.29 is 13.6 Å². The standard InChI is InChI=1S/C22H19N3O3/c1-14-3-5-17(20-10-4-15(2)28-20)13-19(14)25-22(26)24-18-8-6-16(7-9-18)21-23-11-12-27-21/h3-13H,1-2H3,(H2,24,25,26). The molecule has 4 rings (SSSR count). The van der Waals surface area contributed by atoms with Gasteiger partial charge in [-0.05, 0) is 61.9 Å². The molecule has 2 amide bonds. The molecule has 0 aliphatic carbocycles. The van der Waals surface area contributed by atoms with E-state index in [9.17, 15) is 4.79 Å². The number of urea groups is 1. The maximum Gasteiger partial charge on any atom is 0.323 e. The lowest BCUT2D eigenvalue weighted by molar-refractivity contribution is 0.262. The first-order valence-corrected chi connectivity index (χ1v) is 8.84.